The fourth-order valence-corrected chi connectivity index (χ4v) is 9.16. The summed E-state index contributed by atoms with van der Waals surface area (Å²) in [5.74, 6) is -2.83. The third kappa shape index (κ3) is 2.53. The summed E-state index contributed by atoms with van der Waals surface area (Å²) < 4.78 is 28.1. The molecule has 31 heavy (non-hydrogen) atoms. The van der Waals surface area contributed by atoms with E-state index in [1.807, 2.05) is 13.8 Å². The number of aliphatic hydroxyl groups is 1. The number of alkyl halides is 1. The number of carbonyl (C=O) groups is 2. The third-order valence-corrected chi connectivity index (χ3v) is 10.1. The number of rotatable bonds is 1. The molecule has 4 fully saturated rings. The normalized spacial score (nSPS) is 52.9. The van der Waals surface area contributed by atoms with Gasteiger partial charge in [-0.15, -0.1) is 0 Å². The van der Waals surface area contributed by atoms with E-state index in [9.17, 15) is 19.8 Å². The van der Waals surface area contributed by atoms with Crippen LogP contribution in [-0.4, -0.2) is 51.7 Å². The molecular weight excluding hydrogens is 471 g/mol. The van der Waals surface area contributed by atoms with Gasteiger partial charge in [0, 0.05) is 11.8 Å². The molecule has 1 heterocycles. The number of Topliss-reactive ketones (excluding diaryl/α,β-unsaturated/α-hetero) is 1. The zero-order chi connectivity index (χ0) is 22.7. The summed E-state index contributed by atoms with van der Waals surface area (Å²) in [6.45, 7) is 7.26. The number of ketones is 1. The molecule has 172 valence electrons. The van der Waals surface area contributed by atoms with Gasteiger partial charge in [0.2, 0.25) is 0 Å². The van der Waals surface area contributed by atoms with Crippen LogP contribution in [-0.2, 0) is 19.1 Å². The van der Waals surface area contributed by atoms with E-state index in [0.29, 0.717) is 29.3 Å². The zero-order valence-corrected chi connectivity index (χ0v) is 19.9. The van der Waals surface area contributed by atoms with Gasteiger partial charge in [-0.3, -0.25) is 4.79 Å². The van der Waals surface area contributed by atoms with Crippen LogP contribution >= 0.6 is 15.9 Å². The van der Waals surface area contributed by atoms with Gasteiger partial charge in [-0.05, 0) is 84.2 Å². The maximum Gasteiger partial charge on any atom is 0.339 e. The van der Waals surface area contributed by atoms with Crippen molar-refractivity contribution in [2.24, 2.45) is 28.6 Å². The van der Waals surface area contributed by atoms with Crippen molar-refractivity contribution in [3.63, 3.8) is 0 Å². The van der Waals surface area contributed by atoms with E-state index in [4.69, 9.17) is 9.47 Å². The maximum atomic E-state index is 15.6. The Morgan fingerprint density at radius 2 is 1.90 bits per heavy atom. The molecule has 2 N–H and O–H groups in total. The molecule has 4 aliphatic carbocycles. The molecule has 0 spiro atoms. The van der Waals surface area contributed by atoms with E-state index < -0.39 is 46.6 Å². The molecule has 3 saturated carbocycles. The van der Waals surface area contributed by atoms with Gasteiger partial charge >= 0.3 is 5.97 Å². The summed E-state index contributed by atoms with van der Waals surface area (Å²) in [7, 11) is 0. The van der Waals surface area contributed by atoms with Crippen molar-refractivity contribution >= 4 is 27.7 Å². The number of fused-ring (bicyclic) bond motifs is 7. The minimum atomic E-state index is -1.57. The van der Waals surface area contributed by atoms with Gasteiger partial charge in [0.15, 0.2) is 17.2 Å². The van der Waals surface area contributed by atoms with Crippen molar-refractivity contribution in [1.82, 2.24) is 0 Å². The van der Waals surface area contributed by atoms with Gasteiger partial charge in [-0.25, -0.2) is 9.18 Å². The van der Waals surface area contributed by atoms with Gasteiger partial charge in [-0.1, -0.05) is 13.8 Å². The lowest BCUT2D eigenvalue weighted by atomic mass is 9.45. The predicted molar refractivity (Wildman–Crippen MR) is 112 cm³/mol. The first-order chi connectivity index (χ1) is 14.3. The molecule has 0 bridgehead atoms. The summed E-state index contributed by atoms with van der Waals surface area (Å²) in [5.41, 5.74) is -2.63. The molecule has 1 aliphatic heterocycles. The van der Waals surface area contributed by atoms with E-state index in [-0.39, 0.29) is 36.4 Å². The number of aliphatic carboxylic acids is 1. The highest BCUT2D eigenvalue weighted by Crippen LogP contribution is 2.71. The third-order valence-electron chi connectivity index (χ3n) is 9.26. The number of allylic oxidation sites excluding steroid dienone is 1. The molecular formula is C23H30BrFO6. The Kier molecular flexibility index (Phi) is 4.53. The molecule has 5 rings (SSSR count). The first-order valence-corrected chi connectivity index (χ1v) is 11.9. The molecule has 0 aromatic heterocycles. The summed E-state index contributed by atoms with van der Waals surface area (Å²) in [5, 5.41) is 21.8. The second-order valence-corrected chi connectivity index (χ2v) is 11.9. The van der Waals surface area contributed by atoms with Crippen LogP contribution in [0.2, 0.25) is 0 Å². The maximum absolute atomic E-state index is 15.6. The van der Waals surface area contributed by atoms with E-state index in [1.165, 1.54) is 0 Å². The van der Waals surface area contributed by atoms with Crippen LogP contribution in [0.1, 0.15) is 59.8 Å². The van der Waals surface area contributed by atoms with Crippen LogP contribution in [0.25, 0.3) is 0 Å². The highest BCUT2D eigenvalue weighted by Gasteiger charge is 2.78. The molecule has 8 heteroatoms. The van der Waals surface area contributed by atoms with Crippen molar-refractivity contribution in [3.8, 4) is 0 Å². The Labute approximate surface area is 189 Å². The molecule has 0 radical (unpaired) electrons. The zero-order valence-electron chi connectivity index (χ0n) is 18.3. The molecule has 0 amide bonds. The van der Waals surface area contributed by atoms with Gasteiger partial charge in [0.05, 0.1) is 10.6 Å². The number of carboxylic acids is 1. The Hall–Kier alpha value is -0.830. The second kappa shape index (κ2) is 6.39. The van der Waals surface area contributed by atoms with Crippen molar-refractivity contribution in [2.45, 2.75) is 89.6 Å². The summed E-state index contributed by atoms with van der Waals surface area (Å²) >= 11 is 3.34. The molecule has 0 aromatic carbocycles. The molecule has 6 nitrogen and oxygen atoms in total. The average molecular weight is 501 g/mol. The number of halogens is 2. The topological polar surface area (TPSA) is 93.1 Å². The van der Waals surface area contributed by atoms with Crippen LogP contribution in [0, 0.1) is 28.6 Å². The van der Waals surface area contributed by atoms with Crippen LogP contribution < -0.4 is 0 Å². The minimum Gasteiger partial charge on any atom is -0.479 e. The van der Waals surface area contributed by atoms with Crippen molar-refractivity contribution in [3.05, 3.63) is 10.1 Å². The number of ether oxygens (including phenoxy) is 2. The lowest BCUT2D eigenvalue weighted by Crippen LogP contribution is -2.64. The molecule has 9 atom stereocenters. The summed E-state index contributed by atoms with van der Waals surface area (Å²) in [4.78, 5) is 24.9. The summed E-state index contributed by atoms with van der Waals surface area (Å²) in [6.07, 6.45) is -1.11. The lowest BCUT2D eigenvalue weighted by molar-refractivity contribution is -0.235. The largest absolute Gasteiger partial charge is 0.479 e. The van der Waals surface area contributed by atoms with Crippen molar-refractivity contribution < 1.29 is 33.7 Å². The van der Waals surface area contributed by atoms with Crippen LogP contribution in [0.3, 0.4) is 0 Å². The molecule has 5 aliphatic rings. The van der Waals surface area contributed by atoms with Crippen molar-refractivity contribution in [1.29, 1.82) is 0 Å². The highest BCUT2D eigenvalue weighted by molar-refractivity contribution is 9.12. The summed E-state index contributed by atoms with van der Waals surface area (Å²) in [6, 6.07) is 0. The highest BCUT2D eigenvalue weighted by atomic mass is 79.9. The predicted octanol–water partition coefficient (Wildman–Crippen LogP) is 3.74. The fourth-order valence-electron chi connectivity index (χ4n) is 8.27. The first-order valence-electron chi connectivity index (χ1n) is 11.2. The number of carbonyl (C=O) groups excluding carboxylic acids is 1. The van der Waals surface area contributed by atoms with Crippen LogP contribution in [0.5, 0.6) is 0 Å². The SMILES string of the molecule is CC1(C)O[C@@H]2C[C@H]3[C@@H]4C[C@H](F)C5=C(Br)C(=O)CC[C@]5(C)[C@H]4[C@@H](O)C[C@]3(C)[C@]2(C(=O)O)O1. The Morgan fingerprint density at radius 1 is 1.23 bits per heavy atom. The molecule has 0 aromatic rings. The van der Waals surface area contributed by atoms with Crippen molar-refractivity contribution in [2.75, 3.05) is 0 Å². The lowest BCUT2D eigenvalue weighted by Gasteiger charge is -2.61. The molecule has 0 unspecified atom stereocenters. The number of aliphatic hydroxyl groups excluding tert-OH is 1. The van der Waals surface area contributed by atoms with Gasteiger partial charge in [-0.2, -0.15) is 0 Å². The van der Waals surface area contributed by atoms with E-state index in [1.54, 1.807) is 13.8 Å². The standard InChI is InChI=1S/C23H30BrFO6/c1-20(2)30-15-8-11-10-7-12(25)17-18(24)13(26)5-6-21(17,3)16(10)14(27)9-22(11,4)23(15,31-20)19(28)29/h10-12,14-16,27H,5-9H2,1-4H3,(H,28,29)/t10-,11-,12-,14-,15+,16+,21+,22-,23-/m0/s1. The Morgan fingerprint density at radius 3 is 2.55 bits per heavy atom. The Bertz CT molecular complexity index is 902. The number of carboxylic acid groups (broad SMARTS) is 1. The van der Waals surface area contributed by atoms with E-state index in [0.717, 1.165) is 0 Å². The van der Waals surface area contributed by atoms with Gasteiger partial charge in [0.25, 0.3) is 0 Å². The second-order valence-electron chi connectivity index (χ2n) is 11.1. The Balaban J connectivity index is 1.62. The van der Waals surface area contributed by atoms with Crippen LogP contribution in [0.15, 0.2) is 10.1 Å². The van der Waals surface area contributed by atoms with Gasteiger partial charge in [0.1, 0.15) is 12.3 Å². The first kappa shape index (κ1) is 22.0. The number of hydrogen-bond acceptors (Lipinski definition) is 5. The van der Waals surface area contributed by atoms with Crippen LogP contribution in [0.4, 0.5) is 4.39 Å². The monoisotopic (exact) mass is 500 g/mol. The molecule has 1 saturated heterocycles. The van der Waals surface area contributed by atoms with E-state index >= 15 is 4.39 Å². The smallest absolute Gasteiger partial charge is 0.339 e. The fraction of sp³-hybridized carbons (Fsp3) is 0.826. The minimum absolute atomic E-state index is 0.0898. The quantitative estimate of drug-likeness (QED) is 0.569. The average Bonchev–Trinajstić information content (AvgIpc) is 3.05. The van der Waals surface area contributed by atoms with Gasteiger partial charge < -0.3 is 19.7 Å². The number of hydrogen-bond donors (Lipinski definition) is 2. The van der Waals surface area contributed by atoms with E-state index in [2.05, 4.69) is 15.9 Å².